The monoisotopic (exact) mass is 462 g/mol. The molecule has 3 aromatic rings. The second kappa shape index (κ2) is 11.0. The molecule has 0 atom stereocenters. The van der Waals surface area contributed by atoms with Crippen LogP contribution in [0.3, 0.4) is 0 Å². The Labute approximate surface area is 199 Å². The van der Waals surface area contributed by atoms with Crippen LogP contribution in [0.5, 0.6) is 5.75 Å². The molecule has 4 rings (SSSR count). The van der Waals surface area contributed by atoms with E-state index in [0.717, 1.165) is 46.7 Å². The first kappa shape index (κ1) is 23.5. The number of hydrogen-bond donors (Lipinski definition) is 1. The van der Waals surface area contributed by atoms with E-state index in [9.17, 15) is 9.59 Å². The fourth-order valence-electron chi connectivity index (χ4n) is 4.12. The molecule has 0 saturated carbocycles. The number of fused-ring (bicyclic) bond motifs is 1. The zero-order valence-corrected chi connectivity index (χ0v) is 19.7. The number of benzene rings is 1. The molecule has 1 aromatic carbocycles. The molecule has 3 heterocycles. The van der Waals surface area contributed by atoms with Crippen LogP contribution in [0.4, 0.5) is 0 Å². The molecule has 2 aromatic heterocycles. The third kappa shape index (κ3) is 5.62. The highest BCUT2D eigenvalue weighted by molar-refractivity contribution is 5.92. The summed E-state index contributed by atoms with van der Waals surface area (Å²) < 4.78 is 10.9. The first-order valence-electron chi connectivity index (χ1n) is 11.7. The Kier molecular flexibility index (Phi) is 7.57. The van der Waals surface area contributed by atoms with Crippen molar-refractivity contribution in [3.63, 3.8) is 0 Å². The summed E-state index contributed by atoms with van der Waals surface area (Å²) in [5, 5.41) is 6.94. The molecule has 0 radical (unpaired) electrons. The number of rotatable bonds is 9. The number of nitrogens with zero attached hydrogens (tertiary/aromatic N) is 3. The average molecular weight is 463 g/mol. The van der Waals surface area contributed by atoms with Crippen LogP contribution in [-0.4, -0.2) is 40.0 Å². The van der Waals surface area contributed by atoms with Crippen molar-refractivity contribution in [2.45, 2.75) is 52.6 Å². The minimum absolute atomic E-state index is 0.0746. The molecule has 0 aliphatic carbocycles. The SMILES string of the molecule is CCCc1cc(C(=O)N2CCc3c(cnc(C)c3CNC(=O)CCOc3ccccc3)C2)no1. The fraction of sp³-hybridized carbons (Fsp3) is 0.385. The molecule has 8 nitrogen and oxygen atoms in total. The van der Waals surface area contributed by atoms with Crippen LogP contribution in [0.15, 0.2) is 47.1 Å². The Morgan fingerprint density at radius 1 is 1.24 bits per heavy atom. The van der Waals surface area contributed by atoms with E-state index in [4.69, 9.17) is 9.26 Å². The van der Waals surface area contributed by atoms with Gasteiger partial charge in [-0.1, -0.05) is 30.3 Å². The number of para-hydroxylation sites is 1. The van der Waals surface area contributed by atoms with Crippen LogP contribution in [-0.2, 0) is 30.7 Å². The Bertz CT molecular complexity index is 1140. The minimum Gasteiger partial charge on any atom is -0.493 e. The normalized spacial score (nSPS) is 12.8. The maximum atomic E-state index is 12.9. The summed E-state index contributed by atoms with van der Waals surface area (Å²) in [6.07, 6.45) is 4.50. The van der Waals surface area contributed by atoms with Gasteiger partial charge < -0.3 is 19.5 Å². The Morgan fingerprint density at radius 2 is 2.06 bits per heavy atom. The molecule has 1 aliphatic heterocycles. The smallest absolute Gasteiger partial charge is 0.276 e. The van der Waals surface area contributed by atoms with E-state index in [2.05, 4.69) is 22.4 Å². The average Bonchev–Trinajstić information content (AvgIpc) is 3.32. The van der Waals surface area contributed by atoms with E-state index in [1.165, 1.54) is 0 Å². The highest BCUT2D eigenvalue weighted by Crippen LogP contribution is 2.25. The maximum Gasteiger partial charge on any atom is 0.276 e. The fourth-order valence-corrected chi connectivity index (χ4v) is 4.12. The van der Waals surface area contributed by atoms with Crippen molar-refractivity contribution >= 4 is 11.8 Å². The van der Waals surface area contributed by atoms with Gasteiger partial charge in [0.25, 0.3) is 5.91 Å². The van der Waals surface area contributed by atoms with Crippen LogP contribution in [0, 0.1) is 6.92 Å². The molecular weight excluding hydrogens is 432 g/mol. The quantitative estimate of drug-likeness (QED) is 0.522. The van der Waals surface area contributed by atoms with Crippen LogP contribution in [0.1, 0.15) is 58.4 Å². The van der Waals surface area contributed by atoms with Gasteiger partial charge in [-0.3, -0.25) is 14.6 Å². The molecule has 0 unspecified atom stereocenters. The summed E-state index contributed by atoms with van der Waals surface area (Å²) in [4.78, 5) is 31.6. The van der Waals surface area contributed by atoms with E-state index in [-0.39, 0.29) is 18.2 Å². The van der Waals surface area contributed by atoms with E-state index in [1.807, 2.05) is 43.5 Å². The van der Waals surface area contributed by atoms with Gasteiger partial charge >= 0.3 is 0 Å². The molecule has 2 amide bonds. The largest absolute Gasteiger partial charge is 0.493 e. The van der Waals surface area contributed by atoms with Gasteiger partial charge in [0.15, 0.2) is 5.69 Å². The molecule has 8 heteroatoms. The first-order chi connectivity index (χ1) is 16.5. The van der Waals surface area contributed by atoms with Crippen molar-refractivity contribution < 1.29 is 18.8 Å². The second-order valence-electron chi connectivity index (χ2n) is 8.42. The van der Waals surface area contributed by atoms with Gasteiger partial charge in [-0.2, -0.15) is 0 Å². The number of pyridine rings is 1. The summed E-state index contributed by atoms with van der Waals surface area (Å²) >= 11 is 0. The van der Waals surface area contributed by atoms with Crippen LogP contribution < -0.4 is 10.1 Å². The molecule has 0 bridgehead atoms. The lowest BCUT2D eigenvalue weighted by atomic mass is 9.94. The number of carbonyl (C=O) groups excluding carboxylic acids is 2. The summed E-state index contributed by atoms with van der Waals surface area (Å²) in [5.74, 6) is 1.27. The molecular formula is C26H30N4O4. The third-order valence-corrected chi connectivity index (χ3v) is 5.96. The topological polar surface area (TPSA) is 97.6 Å². The molecule has 1 N–H and O–H groups in total. The maximum absolute atomic E-state index is 12.9. The van der Waals surface area contributed by atoms with Gasteiger partial charge in [-0.25, -0.2) is 0 Å². The molecule has 0 spiro atoms. The van der Waals surface area contributed by atoms with E-state index in [0.29, 0.717) is 38.4 Å². The zero-order chi connectivity index (χ0) is 23.9. The van der Waals surface area contributed by atoms with Crippen LogP contribution in [0.2, 0.25) is 0 Å². The molecule has 34 heavy (non-hydrogen) atoms. The first-order valence-corrected chi connectivity index (χ1v) is 11.7. The predicted octanol–water partition coefficient (Wildman–Crippen LogP) is 3.61. The van der Waals surface area contributed by atoms with Crippen LogP contribution in [0.25, 0.3) is 0 Å². The summed E-state index contributed by atoms with van der Waals surface area (Å²) in [6, 6.07) is 11.2. The predicted molar refractivity (Wildman–Crippen MR) is 126 cm³/mol. The summed E-state index contributed by atoms with van der Waals surface area (Å²) in [7, 11) is 0. The standard InChI is InChI=1S/C26H30N4O4/c1-3-7-21-14-24(29-34-21)26(32)30-12-10-22-19(17-30)15-27-18(2)23(22)16-28-25(31)11-13-33-20-8-5-4-6-9-20/h4-6,8-9,14-15H,3,7,10-13,16-17H2,1-2H3,(H,28,31). The van der Waals surface area contributed by atoms with Crippen LogP contribution >= 0.6 is 0 Å². The Balaban J connectivity index is 1.34. The van der Waals surface area contributed by atoms with Crippen molar-refractivity contribution in [1.82, 2.24) is 20.4 Å². The van der Waals surface area contributed by atoms with Gasteiger partial charge in [0.2, 0.25) is 5.91 Å². The minimum atomic E-state index is -0.134. The molecule has 178 valence electrons. The summed E-state index contributed by atoms with van der Waals surface area (Å²) in [6.45, 7) is 5.77. The van der Waals surface area contributed by atoms with E-state index in [1.54, 1.807) is 11.0 Å². The van der Waals surface area contributed by atoms with Gasteiger partial charge in [-0.05, 0) is 48.6 Å². The van der Waals surface area contributed by atoms with Crippen molar-refractivity contribution in [3.05, 3.63) is 76.4 Å². The number of amides is 2. The van der Waals surface area contributed by atoms with E-state index < -0.39 is 0 Å². The van der Waals surface area contributed by atoms with Gasteiger partial charge in [-0.15, -0.1) is 0 Å². The summed E-state index contributed by atoms with van der Waals surface area (Å²) in [5.41, 5.74) is 4.41. The van der Waals surface area contributed by atoms with Crippen molar-refractivity contribution in [2.75, 3.05) is 13.2 Å². The van der Waals surface area contributed by atoms with Crippen molar-refractivity contribution in [1.29, 1.82) is 0 Å². The zero-order valence-electron chi connectivity index (χ0n) is 19.7. The number of aromatic nitrogens is 2. The number of ether oxygens (including phenoxy) is 1. The van der Waals surface area contributed by atoms with Crippen molar-refractivity contribution in [2.24, 2.45) is 0 Å². The number of carbonyl (C=O) groups is 2. The Morgan fingerprint density at radius 3 is 2.85 bits per heavy atom. The third-order valence-electron chi connectivity index (χ3n) is 5.96. The lowest BCUT2D eigenvalue weighted by molar-refractivity contribution is -0.121. The van der Waals surface area contributed by atoms with Gasteiger partial charge in [0, 0.05) is 44.0 Å². The number of hydrogen-bond acceptors (Lipinski definition) is 6. The molecule has 1 aliphatic rings. The second-order valence-corrected chi connectivity index (χ2v) is 8.42. The Hall–Kier alpha value is -3.68. The van der Waals surface area contributed by atoms with E-state index >= 15 is 0 Å². The van der Waals surface area contributed by atoms with Crippen molar-refractivity contribution in [3.8, 4) is 5.75 Å². The lowest BCUT2D eigenvalue weighted by Crippen LogP contribution is -2.37. The van der Waals surface area contributed by atoms with Gasteiger partial charge in [0.1, 0.15) is 11.5 Å². The highest BCUT2D eigenvalue weighted by Gasteiger charge is 2.26. The molecule has 0 saturated heterocycles. The van der Waals surface area contributed by atoms with Gasteiger partial charge in [0.05, 0.1) is 13.0 Å². The molecule has 0 fully saturated rings. The number of nitrogens with one attached hydrogen (secondary N) is 1. The highest BCUT2D eigenvalue weighted by atomic mass is 16.5. The lowest BCUT2D eigenvalue weighted by Gasteiger charge is -2.30. The number of aryl methyl sites for hydroxylation is 2.